The summed E-state index contributed by atoms with van der Waals surface area (Å²) in [4.78, 5) is 14.3. The van der Waals surface area contributed by atoms with E-state index in [9.17, 15) is 4.79 Å². The van der Waals surface area contributed by atoms with E-state index < -0.39 is 0 Å². The van der Waals surface area contributed by atoms with Gasteiger partial charge in [0.2, 0.25) is 0 Å². The molecule has 1 aromatic carbocycles. The SMILES string of the molecule is CCn1ncc(Br)c1CN(C)C(=O)c1ccc(COc2ccccc2C)o1. The van der Waals surface area contributed by atoms with E-state index in [0.717, 1.165) is 28.0 Å². The fourth-order valence-corrected chi connectivity index (χ4v) is 3.16. The van der Waals surface area contributed by atoms with Crippen LogP contribution in [-0.2, 0) is 19.7 Å². The van der Waals surface area contributed by atoms with Crippen LogP contribution in [0, 0.1) is 6.92 Å². The van der Waals surface area contributed by atoms with Crippen molar-refractivity contribution in [1.29, 1.82) is 0 Å². The van der Waals surface area contributed by atoms with E-state index in [4.69, 9.17) is 9.15 Å². The predicted octanol–water partition coefficient (Wildman–Crippen LogP) is 4.42. The number of carbonyl (C=O) groups is 1. The van der Waals surface area contributed by atoms with Crippen LogP contribution in [0.1, 0.15) is 34.5 Å². The fraction of sp³-hybridized carbons (Fsp3) is 0.300. The molecule has 0 spiro atoms. The Hall–Kier alpha value is -2.54. The van der Waals surface area contributed by atoms with E-state index in [-0.39, 0.29) is 12.5 Å². The second-order valence-electron chi connectivity index (χ2n) is 6.24. The molecule has 0 saturated carbocycles. The van der Waals surface area contributed by atoms with Crippen molar-refractivity contribution in [2.24, 2.45) is 0 Å². The first kappa shape index (κ1) is 19.2. The summed E-state index contributed by atoms with van der Waals surface area (Å²) in [7, 11) is 1.74. The molecule has 0 aliphatic heterocycles. The van der Waals surface area contributed by atoms with Crippen molar-refractivity contribution in [3.05, 3.63) is 69.8 Å². The second-order valence-corrected chi connectivity index (χ2v) is 7.09. The van der Waals surface area contributed by atoms with Gasteiger partial charge < -0.3 is 14.1 Å². The topological polar surface area (TPSA) is 60.5 Å². The molecule has 6 nitrogen and oxygen atoms in total. The van der Waals surface area contributed by atoms with Gasteiger partial charge in [-0.05, 0) is 53.5 Å². The lowest BCUT2D eigenvalue weighted by Crippen LogP contribution is -2.27. The van der Waals surface area contributed by atoms with E-state index in [1.807, 2.05) is 42.8 Å². The van der Waals surface area contributed by atoms with Crippen LogP contribution in [0.25, 0.3) is 0 Å². The molecule has 0 saturated heterocycles. The Labute approximate surface area is 166 Å². The normalized spacial score (nSPS) is 10.8. The Kier molecular flexibility index (Phi) is 6.01. The van der Waals surface area contributed by atoms with Crippen LogP contribution in [0.5, 0.6) is 5.75 Å². The Bertz CT molecular complexity index is 932. The number of nitrogens with zero attached hydrogens (tertiary/aromatic N) is 3. The largest absolute Gasteiger partial charge is 0.485 e. The molecule has 2 aromatic heterocycles. The zero-order valence-corrected chi connectivity index (χ0v) is 17.2. The molecular weight excluding hydrogens is 410 g/mol. The monoisotopic (exact) mass is 431 g/mol. The molecule has 0 unspecified atom stereocenters. The summed E-state index contributed by atoms with van der Waals surface area (Å²) in [6, 6.07) is 11.2. The van der Waals surface area contributed by atoms with Crippen LogP contribution in [0.2, 0.25) is 0 Å². The van der Waals surface area contributed by atoms with Crippen molar-refractivity contribution in [3.8, 4) is 5.75 Å². The van der Waals surface area contributed by atoms with Gasteiger partial charge in [-0.3, -0.25) is 9.48 Å². The number of benzene rings is 1. The number of aromatic nitrogens is 2. The smallest absolute Gasteiger partial charge is 0.289 e. The summed E-state index contributed by atoms with van der Waals surface area (Å²) in [6.45, 7) is 5.45. The van der Waals surface area contributed by atoms with E-state index in [1.54, 1.807) is 30.3 Å². The van der Waals surface area contributed by atoms with E-state index in [0.29, 0.717) is 18.1 Å². The Morgan fingerprint density at radius 2 is 2.07 bits per heavy atom. The predicted molar refractivity (Wildman–Crippen MR) is 106 cm³/mol. The van der Waals surface area contributed by atoms with Gasteiger partial charge >= 0.3 is 0 Å². The molecule has 2 heterocycles. The lowest BCUT2D eigenvalue weighted by atomic mass is 10.2. The summed E-state index contributed by atoms with van der Waals surface area (Å²) in [5.74, 6) is 1.51. The van der Waals surface area contributed by atoms with Crippen molar-refractivity contribution in [2.45, 2.75) is 33.5 Å². The van der Waals surface area contributed by atoms with Gasteiger partial charge in [0.15, 0.2) is 5.76 Å². The molecular formula is C20H22BrN3O3. The molecule has 3 aromatic rings. The number of para-hydroxylation sites is 1. The second kappa shape index (κ2) is 8.43. The molecule has 27 heavy (non-hydrogen) atoms. The zero-order chi connectivity index (χ0) is 19.4. The van der Waals surface area contributed by atoms with Gasteiger partial charge in [-0.2, -0.15) is 5.10 Å². The summed E-state index contributed by atoms with van der Waals surface area (Å²) >= 11 is 3.48. The molecule has 0 atom stereocenters. The Morgan fingerprint density at radius 1 is 1.30 bits per heavy atom. The number of aryl methyl sites for hydroxylation is 2. The quantitative estimate of drug-likeness (QED) is 0.555. The maximum Gasteiger partial charge on any atom is 0.289 e. The van der Waals surface area contributed by atoms with Gasteiger partial charge in [-0.15, -0.1) is 0 Å². The number of hydrogen-bond acceptors (Lipinski definition) is 4. The van der Waals surface area contributed by atoms with Crippen LogP contribution in [-0.4, -0.2) is 27.6 Å². The average Bonchev–Trinajstić information content (AvgIpc) is 3.27. The number of halogens is 1. The van der Waals surface area contributed by atoms with Crippen molar-refractivity contribution < 1.29 is 13.9 Å². The number of hydrogen-bond donors (Lipinski definition) is 0. The number of furan rings is 1. The molecule has 0 N–H and O–H groups in total. The molecule has 0 aliphatic rings. The van der Waals surface area contributed by atoms with Gasteiger partial charge in [0.25, 0.3) is 5.91 Å². The minimum absolute atomic E-state index is 0.187. The van der Waals surface area contributed by atoms with Crippen LogP contribution in [0.4, 0.5) is 0 Å². The fourth-order valence-electron chi connectivity index (χ4n) is 2.74. The van der Waals surface area contributed by atoms with E-state index >= 15 is 0 Å². The Balaban J connectivity index is 1.64. The third-order valence-corrected chi connectivity index (χ3v) is 4.93. The maximum absolute atomic E-state index is 12.7. The zero-order valence-electron chi connectivity index (χ0n) is 15.6. The first-order chi connectivity index (χ1) is 13.0. The van der Waals surface area contributed by atoms with Crippen LogP contribution < -0.4 is 4.74 Å². The maximum atomic E-state index is 12.7. The molecule has 1 amide bonds. The van der Waals surface area contributed by atoms with Crippen LogP contribution >= 0.6 is 15.9 Å². The Morgan fingerprint density at radius 3 is 2.81 bits per heavy atom. The molecule has 7 heteroatoms. The number of rotatable bonds is 7. The third-order valence-electron chi connectivity index (χ3n) is 4.27. The number of amides is 1. The summed E-state index contributed by atoms with van der Waals surface area (Å²) < 4.78 is 14.2. The van der Waals surface area contributed by atoms with Crippen molar-refractivity contribution in [2.75, 3.05) is 7.05 Å². The van der Waals surface area contributed by atoms with E-state index in [2.05, 4.69) is 21.0 Å². The lowest BCUT2D eigenvalue weighted by molar-refractivity contribution is 0.0745. The molecule has 0 fully saturated rings. The molecule has 0 radical (unpaired) electrons. The standard InChI is InChI=1S/C20H22BrN3O3/c1-4-24-17(16(21)11-22-24)12-23(3)20(25)19-10-9-15(27-19)13-26-18-8-6-5-7-14(18)2/h5-11H,4,12-13H2,1-3H3. The average molecular weight is 432 g/mol. The molecule has 142 valence electrons. The number of ether oxygens (including phenoxy) is 1. The molecule has 0 aliphatic carbocycles. The van der Waals surface area contributed by atoms with Crippen molar-refractivity contribution >= 4 is 21.8 Å². The van der Waals surface area contributed by atoms with Gasteiger partial charge in [0, 0.05) is 13.6 Å². The first-order valence-electron chi connectivity index (χ1n) is 8.72. The van der Waals surface area contributed by atoms with Gasteiger partial charge in [-0.25, -0.2) is 0 Å². The van der Waals surface area contributed by atoms with Crippen molar-refractivity contribution in [3.63, 3.8) is 0 Å². The van der Waals surface area contributed by atoms with Gasteiger partial charge in [0.1, 0.15) is 18.1 Å². The highest BCUT2D eigenvalue weighted by Gasteiger charge is 2.19. The summed E-state index contributed by atoms with van der Waals surface area (Å²) in [5, 5.41) is 4.28. The van der Waals surface area contributed by atoms with E-state index in [1.165, 1.54) is 0 Å². The van der Waals surface area contributed by atoms with Crippen LogP contribution in [0.3, 0.4) is 0 Å². The van der Waals surface area contributed by atoms with Crippen molar-refractivity contribution in [1.82, 2.24) is 14.7 Å². The van der Waals surface area contributed by atoms with Gasteiger partial charge in [-0.1, -0.05) is 18.2 Å². The molecule has 3 rings (SSSR count). The minimum Gasteiger partial charge on any atom is -0.485 e. The lowest BCUT2D eigenvalue weighted by Gasteiger charge is -2.17. The highest BCUT2D eigenvalue weighted by atomic mass is 79.9. The highest BCUT2D eigenvalue weighted by Crippen LogP contribution is 2.21. The third kappa shape index (κ3) is 4.42. The summed E-state index contributed by atoms with van der Waals surface area (Å²) in [5.41, 5.74) is 2.00. The first-order valence-corrected chi connectivity index (χ1v) is 9.51. The van der Waals surface area contributed by atoms with Gasteiger partial charge in [0.05, 0.1) is 22.9 Å². The minimum atomic E-state index is -0.187. The molecule has 0 bridgehead atoms. The highest BCUT2D eigenvalue weighted by molar-refractivity contribution is 9.10. The summed E-state index contributed by atoms with van der Waals surface area (Å²) in [6.07, 6.45) is 1.74. The number of carbonyl (C=O) groups excluding carboxylic acids is 1. The van der Waals surface area contributed by atoms with Crippen LogP contribution in [0.15, 0.2) is 51.5 Å².